The van der Waals surface area contributed by atoms with Crippen LogP contribution in [0.4, 0.5) is 0 Å². The standard InChI is InChI=1S/C33H30N6S2/c1-32(2,3)31-35-25-20-23(12-14-27(25)41-31)39-18-16-29(37-39)33(4,5)28-15-17-38(36-28)22-11-13-26-24(19-22)34-30(40-26)21-9-7-6-8-10-21/h6-20H,1-5H3. The van der Waals surface area contributed by atoms with Crippen LogP contribution in [0.15, 0.2) is 91.3 Å². The third kappa shape index (κ3) is 4.67. The van der Waals surface area contributed by atoms with E-state index in [-0.39, 0.29) is 10.8 Å². The summed E-state index contributed by atoms with van der Waals surface area (Å²) in [7, 11) is 0. The van der Waals surface area contributed by atoms with E-state index in [9.17, 15) is 0 Å². The number of hydrogen-bond acceptors (Lipinski definition) is 6. The predicted molar refractivity (Wildman–Crippen MR) is 170 cm³/mol. The summed E-state index contributed by atoms with van der Waals surface area (Å²) in [4.78, 5) is 9.80. The van der Waals surface area contributed by atoms with Crippen LogP contribution in [-0.2, 0) is 10.8 Å². The average Bonchev–Trinajstić information content (AvgIpc) is 3.77. The Morgan fingerprint density at radius 3 is 1.76 bits per heavy atom. The minimum Gasteiger partial charge on any atom is -0.241 e. The van der Waals surface area contributed by atoms with Gasteiger partial charge in [0.05, 0.1) is 53.6 Å². The van der Waals surface area contributed by atoms with Crippen molar-refractivity contribution in [1.82, 2.24) is 29.5 Å². The van der Waals surface area contributed by atoms with Crippen LogP contribution in [0.25, 0.3) is 42.4 Å². The summed E-state index contributed by atoms with van der Waals surface area (Å²) in [6.07, 6.45) is 4.04. The molecule has 41 heavy (non-hydrogen) atoms. The molecular weight excluding hydrogens is 545 g/mol. The fourth-order valence-electron chi connectivity index (χ4n) is 4.88. The molecule has 0 spiro atoms. The van der Waals surface area contributed by atoms with Gasteiger partial charge in [-0.15, -0.1) is 22.7 Å². The zero-order valence-electron chi connectivity index (χ0n) is 23.7. The highest BCUT2D eigenvalue weighted by atomic mass is 32.1. The Hall–Kier alpha value is -4.14. The molecule has 0 fully saturated rings. The molecule has 8 heteroatoms. The van der Waals surface area contributed by atoms with E-state index in [1.54, 1.807) is 22.7 Å². The number of benzene rings is 3. The number of thiazole rings is 2. The second kappa shape index (κ2) is 9.46. The molecule has 0 aliphatic rings. The van der Waals surface area contributed by atoms with Crippen LogP contribution in [0.3, 0.4) is 0 Å². The van der Waals surface area contributed by atoms with Gasteiger partial charge in [-0.05, 0) is 62.4 Å². The summed E-state index contributed by atoms with van der Waals surface area (Å²) in [5.41, 5.74) is 6.69. The molecule has 0 unspecified atom stereocenters. The molecule has 204 valence electrons. The van der Waals surface area contributed by atoms with Crippen LogP contribution >= 0.6 is 22.7 Å². The lowest BCUT2D eigenvalue weighted by atomic mass is 9.86. The van der Waals surface area contributed by atoms with E-state index in [0.717, 1.165) is 54.1 Å². The molecule has 0 atom stereocenters. The van der Waals surface area contributed by atoms with E-state index in [4.69, 9.17) is 20.2 Å². The first kappa shape index (κ1) is 25.8. The molecule has 0 radical (unpaired) electrons. The van der Waals surface area contributed by atoms with E-state index in [0.29, 0.717) is 0 Å². The average molecular weight is 575 g/mol. The zero-order valence-corrected chi connectivity index (χ0v) is 25.3. The van der Waals surface area contributed by atoms with Crippen molar-refractivity contribution in [3.05, 3.63) is 108 Å². The molecular formula is C33H30N6S2. The third-order valence-electron chi connectivity index (χ3n) is 7.39. The normalized spacial score (nSPS) is 12.5. The summed E-state index contributed by atoms with van der Waals surface area (Å²) in [5.74, 6) is 0. The predicted octanol–water partition coefficient (Wildman–Crippen LogP) is 8.57. The lowest BCUT2D eigenvalue weighted by Gasteiger charge is -2.19. The fourth-order valence-corrected chi connectivity index (χ4v) is 6.83. The van der Waals surface area contributed by atoms with Gasteiger partial charge in [0, 0.05) is 23.4 Å². The molecule has 7 rings (SSSR count). The Bertz CT molecular complexity index is 2020. The van der Waals surface area contributed by atoms with Gasteiger partial charge in [0.25, 0.3) is 0 Å². The van der Waals surface area contributed by atoms with Crippen molar-refractivity contribution >= 4 is 43.1 Å². The lowest BCUT2D eigenvalue weighted by molar-refractivity contribution is 0.576. The molecule has 4 heterocycles. The minimum absolute atomic E-state index is 0.0349. The highest BCUT2D eigenvalue weighted by molar-refractivity contribution is 7.21. The van der Waals surface area contributed by atoms with E-state index in [2.05, 4.69) is 95.3 Å². The van der Waals surface area contributed by atoms with E-state index in [1.165, 1.54) is 4.70 Å². The van der Waals surface area contributed by atoms with Gasteiger partial charge >= 0.3 is 0 Å². The fraction of sp³-hybridized carbons (Fsp3) is 0.212. The largest absolute Gasteiger partial charge is 0.241 e. The highest BCUT2D eigenvalue weighted by Crippen LogP contribution is 2.34. The Labute approximate surface area is 247 Å². The SMILES string of the molecule is CC(C)(C)c1nc2cc(-n3ccc(C(C)(C)c4ccn(-c5ccc6sc(-c7ccccc7)nc6c5)n4)n3)ccc2s1. The first-order chi connectivity index (χ1) is 19.6. The topological polar surface area (TPSA) is 61.4 Å². The van der Waals surface area contributed by atoms with Crippen LogP contribution in [0, 0.1) is 0 Å². The van der Waals surface area contributed by atoms with Gasteiger partial charge in [-0.25, -0.2) is 19.3 Å². The number of fused-ring (bicyclic) bond motifs is 2. The first-order valence-corrected chi connectivity index (χ1v) is 15.3. The quantitative estimate of drug-likeness (QED) is 0.207. The van der Waals surface area contributed by atoms with Gasteiger partial charge in [0.2, 0.25) is 0 Å². The van der Waals surface area contributed by atoms with Crippen LogP contribution in [0.1, 0.15) is 51.0 Å². The van der Waals surface area contributed by atoms with Crippen LogP contribution < -0.4 is 0 Å². The Morgan fingerprint density at radius 2 is 1.17 bits per heavy atom. The molecule has 0 aliphatic heterocycles. The summed E-state index contributed by atoms with van der Waals surface area (Å²) in [5, 5.41) is 12.1. The van der Waals surface area contributed by atoms with E-state index in [1.807, 2.05) is 40.0 Å². The third-order valence-corrected chi connectivity index (χ3v) is 9.94. The van der Waals surface area contributed by atoms with Crippen molar-refractivity contribution in [2.24, 2.45) is 0 Å². The van der Waals surface area contributed by atoms with E-state index >= 15 is 0 Å². The van der Waals surface area contributed by atoms with Crippen molar-refractivity contribution in [3.63, 3.8) is 0 Å². The molecule has 0 amide bonds. The monoisotopic (exact) mass is 574 g/mol. The second-order valence-corrected chi connectivity index (χ2v) is 13.9. The van der Waals surface area contributed by atoms with Crippen LogP contribution in [0.5, 0.6) is 0 Å². The summed E-state index contributed by atoms with van der Waals surface area (Å²) < 4.78 is 6.22. The van der Waals surface area contributed by atoms with Gasteiger partial charge in [-0.1, -0.05) is 51.1 Å². The van der Waals surface area contributed by atoms with Gasteiger partial charge < -0.3 is 0 Å². The molecule has 0 bridgehead atoms. The minimum atomic E-state index is -0.383. The van der Waals surface area contributed by atoms with Crippen molar-refractivity contribution in [2.75, 3.05) is 0 Å². The smallest absolute Gasteiger partial charge is 0.124 e. The summed E-state index contributed by atoms with van der Waals surface area (Å²) >= 11 is 3.47. The Balaban J connectivity index is 1.16. The lowest BCUT2D eigenvalue weighted by Crippen LogP contribution is -2.21. The molecule has 7 aromatic rings. The van der Waals surface area contributed by atoms with Crippen molar-refractivity contribution < 1.29 is 0 Å². The Kier molecular flexibility index (Phi) is 5.96. The van der Waals surface area contributed by atoms with Gasteiger partial charge in [-0.3, -0.25) is 0 Å². The molecule has 4 aromatic heterocycles. The molecule has 0 saturated heterocycles. The van der Waals surface area contributed by atoms with Gasteiger partial charge in [-0.2, -0.15) is 10.2 Å². The van der Waals surface area contributed by atoms with E-state index < -0.39 is 0 Å². The summed E-state index contributed by atoms with van der Waals surface area (Å²) in [6, 6.07) is 27.2. The number of aromatic nitrogens is 6. The van der Waals surface area contributed by atoms with Crippen molar-refractivity contribution in [2.45, 2.75) is 45.4 Å². The second-order valence-electron chi connectivity index (χ2n) is 11.9. The van der Waals surface area contributed by atoms with Crippen molar-refractivity contribution in [3.8, 4) is 21.9 Å². The summed E-state index contributed by atoms with van der Waals surface area (Å²) in [6.45, 7) is 10.9. The first-order valence-electron chi connectivity index (χ1n) is 13.7. The maximum absolute atomic E-state index is 4.98. The maximum atomic E-state index is 4.98. The number of nitrogens with zero attached hydrogens (tertiary/aromatic N) is 6. The van der Waals surface area contributed by atoms with Crippen LogP contribution in [0.2, 0.25) is 0 Å². The number of hydrogen-bond donors (Lipinski definition) is 0. The Morgan fingerprint density at radius 1 is 0.610 bits per heavy atom. The highest BCUT2D eigenvalue weighted by Gasteiger charge is 2.29. The molecule has 0 saturated carbocycles. The molecule has 0 N–H and O–H groups in total. The maximum Gasteiger partial charge on any atom is 0.124 e. The molecule has 6 nitrogen and oxygen atoms in total. The molecule has 3 aromatic carbocycles. The zero-order chi connectivity index (χ0) is 28.4. The number of rotatable bonds is 5. The van der Waals surface area contributed by atoms with Crippen molar-refractivity contribution in [1.29, 1.82) is 0 Å². The van der Waals surface area contributed by atoms with Gasteiger partial charge in [0.1, 0.15) is 5.01 Å². The van der Waals surface area contributed by atoms with Crippen LogP contribution in [-0.4, -0.2) is 29.5 Å². The molecule has 0 aliphatic carbocycles. The van der Waals surface area contributed by atoms with Gasteiger partial charge in [0.15, 0.2) is 0 Å².